The van der Waals surface area contributed by atoms with Gasteiger partial charge in [0.1, 0.15) is 6.04 Å². The smallest absolute Gasteiger partial charge is 0.264 e. The van der Waals surface area contributed by atoms with Crippen LogP contribution in [0.2, 0.25) is 0 Å². The molecule has 0 bridgehead atoms. The zero-order valence-corrected chi connectivity index (χ0v) is 15.8. The van der Waals surface area contributed by atoms with E-state index in [1.165, 1.54) is 28.2 Å². The van der Waals surface area contributed by atoms with E-state index in [9.17, 15) is 9.59 Å². The number of hydrogen-bond acceptors (Lipinski definition) is 5. The third-order valence-electron chi connectivity index (χ3n) is 5.02. The number of thiophene rings is 1. The molecule has 1 aliphatic heterocycles. The lowest BCUT2D eigenvalue weighted by molar-refractivity contribution is -0.119. The predicted octanol–water partition coefficient (Wildman–Crippen LogP) is 3.57. The minimum Gasteiger partial charge on any atom is -0.326 e. The van der Waals surface area contributed by atoms with Crippen LogP contribution in [0.5, 0.6) is 0 Å². The summed E-state index contributed by atoms with van der Waals surface area (Å²) >= 11 is 3.01. The molecule has 1 aliphatic carbocycles. The highest BCUT2D eigenvalue weighted by Crippen LogP contribution is 2.34. The number of rotatable bonds is 3. The number of carbonyl (C=O) groups is 2. The molecule has 132 valence electrons. The highest BCUT2D eigenvalue weighted by atomic mass is 32.1. The largest absolute Gasteiger partial charge is 0.326 e. The minimum atomic E-state index is -0.394. The van der Waals surface area contributed by atoms with Gasteiger partial charge in [0.2, 0.25) is 5.91 Å². The van der Waals surface area contributed by atoms with Crippen LogP contribution in [-0.2, 0) is 17.6 Å². The summed E-state index contributed by atoms with van der Waals surface area (Å²) in [5.74, 6) is 0.563. The molecular weight excluding hydrogens is 354 g/mol. The Hall–Kier alpha value is -1.73. The first-order valence-electron chi connectivity index (χ1n) is 8.74. The molecule has 2 amide bonds. The van der Waals surface area contributed by atoms with E-state index in [-0.39, 0.29) is 11.8 Å². The molecule has 3 heterocycles. The summed E-state index contributed by atoms with van der Waals surface area (Å²) in [6.45, 7) is 2.91. The zero-order valence-electron chi connectivity index (χ0n) is 14.2. The summed E-state index contributed by atoms with van der Waals surface area (Å²) < 4.78 is 0. The molecule has 0 aromatic carbocycles. The van der Waals surface area contributed by atoms with Crippen molar-refractivity contribution in [2.75, 3.05) is 11.9 Å². The first-order chi connectivity index (χ1) is 12.1. The van der Waals surface area contributed by atoms with Crippen molar-refractivity contribution in [2.45, 2.75) is 45.1 Å². The van der Waals surface area contributed by atoms with Gasteiger partial charge in [-0.15, -0.1) is 22.7 Å². The van der Waals surface area contributed by atoms with Gasteiger partial charge >= 0.3 is 0 Å². The van der Waals surface area contributed by atoms with Crippen LogP contribution in [-0.4, -0.2) is 34.3 Å². The molecule has 2 aromatic heterocycles. The topological polar surface area (TPSA) is 62.3 Å². The lowest BCUT2D eigenvalue weighted by Crippen LogP contribution is -2.42. The highest BCUT2D eigenvalue weighted by Gasteiger charge is 2.36. The average Bonchev–Trinajstić information content (AvgIpc) is 3.33. The summed E-state index contributed by atoms with van der Waals surface area (Å²) in [6.07, 6.45) is 6.57. The predicted molar refractivity (Wildman–Crippen MR) is 100 cm³/mol. The van der Waals surface area contributed by atoms with E-state index >= 15 is 0 Å². The van der Waals surface area contributed by atoms with Crippen molar-refractivity contribution < 1.29 is 9.59 Å². The molecule has 0 spiro atoms. The van der Waals surface area contributed by atoms with Gasteiger partial charge < -0.3 is 10.2 Å². The van der Waals surface area contributed by atoms with Gasteiger partial charge in [-0.25, -0.2) is 4.98 Å². The number of likely N-dealkylation sites (tertiary alicyclic amines) is 1. The normalized spacial score (nSPS) is 22.7. The molecule has 5 nitrogen and oxygen atoms in total. The highest BCUT2D eigenvalue weighted by molar-refractivity contribution is 7.14. The molecule has 2 aromatic rings. The van der Waals surface area contributed by atoms with Gasteiger partial charge in [0.15, 0.2) is 5.13 Å². The minimum absolute atomic E-state index is 0.00356. The maximum absolute atomic E-state index is 13.0. The molecule has 2 aliphatic rings. The van der Waals surface area contributed by atoms with Gasteiger partial charge in [-0.2, -0.15) is 0 Å². The molecule has 7 heteroatoms. The Kier molecular flexibility index (Phi) is 4.60. The third-order valence-corrected chi connectivity index (χ3v) is 6.93. The number of thiazole rings is 1. The van der Waals surface area contributed by atoms with Crippen LogP contribution >= 0.6 is 22.7 Å². The van der Waals surface area contributed by atoms with Gasteiger partial charge in [-0.1, -0.05) is 6.92 Å². The second-order valence-corrected chi connectivity index (χ2v) is 8.92. The van der Waals surface area contributed by atoms with E-state index < -0.39 is 6.04 Å². The van der Waals surface area contributed by atoms with Crippen LogP contribution in [0.25, 0.3) is 0 Å². The van der Waals surface area contributed by atoms with Crippen molar-refractivity contribution in [3.05, 3.63) is 33.0 Å². The number of carbonyl (C=O) groups excluding carboxylic acids is 2. The van der Waals surface area contributed by atoms with Gasteiger partial charge in [0.25, 0.3) is 5.91 Å². The third kappa shape index (κ3) is 3.35. The maximum atomic E-state index is 13.0. The Morgan fingerprint density at radius 2 is 2.24 bits per heavy atom. The van der Waals surface area contributed by atoms with Gasteiger partial charge in [-0.05, 0) is 49.7 Å². The second kappa shape index (κ2) is 6.88. The van der Waals surface area contributed by atoms with Crippen molar-refractivity contribution in [1.82, 2.24) is 9.88 Å². The number of fused-ring (bicyclic) bond motifs is 1. The van der Waals surface area contributed by atoms with E-state index in [0.29, 0.717) is 24.0 Å². The van der Waals surface area contributed by atoms with Crippen LogP contribution in [0.4, 0.5) is 5.13 Å². The zero-order chi connectivity index (χ0) is 17.4. The van der Waals surface area contributed by atoms with Crippen LogP contribution in [0.15, 0.2) is 17.6 Å². The average molecular weight is 376 g/mol. The van der Waals surface area contributed by atoms with Crippen LogP contribution in [0, 0.1) is 5.92 Å². The van der Waals surface area contributed by atoms with Crippen molar-refractivity contribution >= 4 is 39.6 Å². The summed E-state index contributed by atoms with van der Waals surface area (Å²) in [4.78, 5) is 33.5. The molecule has 1 saturated heterocycles. The van der Waals surface area contributed by atoms with E-state index in [0.717, 1.165) is 24.1 Å². The number of aryl methyl sites for hydroxylation is 1. The number of anilines is 1. The lowest BCUT2D eigenvalue weighted by atomic mass is 9.90. The number of aromatic nitrogens is 1. The second-order valence-electron chi connectivity index (χ2n) is 6.89. The van der Waals surface area contributed by atoms with E-state index in [1.807, 2.05) is 5.38 Å². The lowest BCUT2D eigenvalue weighted by Gasteiger charge is -2.22. The van der Waals surface area contributed by atoms with Crippen LogP contribution < -0.4 is 5.32 Å². The summed E-state index contributed by atoms with van der Waals surface area (Å²) in [6, 6.07) is 1.67. The number of hydrogen-bond donors (Lipinski definition) is 1. The molecular formula is C18H21N3O2S2. The molecule has 2 atom stereocenters. The molecule has 0 unspecified atom stereocenters. The van der Waals surface area contributed by atoms with E-state index in [1.54, 1.807) is 22.4 Å². The fraction of sp³-hybridized carbons (Fsp3) is 0.500. The molecule has 0 saturated carbocycles. The van der Waals surface area contributed by atoms with E-state index in [2.05, 4.69) is 23.3 Å². The monoisotopic (exact) mass is 375 g/mol. The van der Waals surface area contributed by atoms with Crippen LogP contribution in [0.1, 0.15) is 46.3 Å². The summed E-state index contributed by atoms with van der Waals surface area (Å²) in [7, 11) is 0. The first-order valence-corrected chi connectivity index (χ1v) is 10.4. The molecule has 4 rings (SSSR count). The number of nitrogens with one attached hydrogen (secondary N) is 1. The molecule has 1 N–H and O–H groups in total. The van der Waals surface area contributed by atoms with Crippen molar-refractivity contribution in [2.24, 2.45) is 5.92 Å². The first kappa shape index (κ1) is 16.7. The fourth-order valence-corrected chi connectivity index (χ4v) is 5.41. The molecule has 0 radical (unpaired) electrons. The Labute approximate surface area is 155 Å². The standard InChI is InChI=1S/C18H21N3O2S2/c1-11-4-5-14-12(9-11)10-15(25-14)17(23)21-7-2-3-13(21)16(22)20-18-19-6-8-24-18/h6,8,10-11,13H,2-5,7,9H2,1H3,(H,19,20,22)/t11-,13+/m1/s1. The maximum Gasteiger partial charge on any atom is 0.264 e. The van der Waals surface area contributed by atoms with Crippen molar-refractivity contribution in [1.29, 1.82) is 0 Å². The van der Waals surface area contributed by atoms with Gasteiger partial charge in [0, 0.05) is 23.0 Å². The summed E-state index contributed by atoms with van der Waals surface area (Å²) in [5, 5.41) is 5.24. The Morgan fingerprint density at radius 1 is 1.36 bits per heavy atom. The Bertz CT molecular complexity index is 784. The van der Waals surface area contributed by atoms with Crippen LogP contribution in [0.3, 0.4) is 0 Å². The van der Waals surface area contributed by atoms with Gasteiger partial charge in [0.05, 0.1) is 4.88 Å². The summed E-state index contributed by atoms with van der Waals surface area (Å²) in [5.41, 5.74) is 1.33. The number of nitrogens with zero attached hydrogens (tertiary/aromatic N) is 2. The molecule has 25 heavy (non-hydrogen) atoms. The quantitative estimate of drug-likeness (QED) is 0.892. The van der Waals surface area contributed by atoms with E-state index in [4.69, 9.17) is 0 Å². The van der Waals surface area contributed by atoms with Crippen molar-refractivity contribution in [3.8, 4) is 0 Å². The Morgan fingerprint density at radius 3 is 3.04 bits per heavy atom. The Balaban J connectivity index is 1.50. The SMILES string of the molecule is C[C@@H]1CCc2sc(C(=O)N3CCC[C@H]3C(=O)Nc3nccs3)cc2C1. The van der Waals surface area contributed by atoms with Gasteiger partial charge in [-0.3, -0.25) is 9.59 Å². The number of amides is 2. The fourth-order valence-electron chi connectivity index (χ4n) is 3.71. The van der Waals surface area contributed by atoms with Crippen molar-refractivity contribution in [3.63, 3.8) is 0 Å². The molecule has 1 fully saturated rings.